The molecule has 1 aliphatic carbocycles. The van der Waals surface area contributed by atoms with Gasteiger partial charge in [-0.3, -0.25) is 4.79 Å². The molecule has 0 aliphatic heterocycles. The molecule has 104 valence electrons. The molecular weight excluding hydrogens is 278 g/mol. The van der Waals surface area contributed by atoms with Gasteiger partial charge in [0.25, 0.3) is 0 Å². The fraction of sp³-hybridized carbons (Fsp3) is 0.417. The van der Waals surface area contributed by atoms with Crippen LogP contribution in [0, 0.1) is 11.6 Å². The SMILES string of the molecule is CS(=O)(=O)c1c(F)cc(C2(C(=O)O)CCC2)cc1F. The Morgan fingerprint density at radius 1 is 1.26 bits per heavy atom. The Morgan fingerprint density at radius 3 is 2.00 bits per heavy atom. The van der Waals surface area contributed by atoms with Gasteiger partial charge in [0.15, 0.2) is 9.84 Å². The lowest BCUT2D eigenvalue weighted by molar-refractivity contribution is -0.147. The predicted molar refractivity (Wildman–Crippen MR) is 62.6 cm³/mol. The largest absolute Gasteiger partial charge is 0.481 e. The Labute approximate surface area is 109 Å². The van der Waals surface area contributed by atoms with Crippen LogP contribution in [0.25, 0.3) is 0 Å². The smallest absolute Gasteiger partial charge is 0.314 e. The second-order valence-electron chi connectivity index (χ2n) is 4.78. The molecule has 7 heteroatoms. The van der Waals surface area contributed by atoms with Crippen molar-refractivity contribution in [3.8, 4) is 0 Å². The Morgan fingerprint density at radius 2 is 1.74 bits per heavy atom. The molecule has 0 aromatic heterocycles. The summed E-state index contributed by atoms with van der Waals surface area (Å²) >= 11 is 0. The lowest BCUT2D eigenvalue weighted by Gasteiger charge is -2.38. The maximum Gasteiger partial charge on any atom is 0.314 e. The summed E-state index contributed by atoms with van der Waals surface area (Å²) in [7, 11) is -4.03. The number of sulfone groups is 1. The summed E-state index contributed by atoms with van der Waals surface area (Å²) in [5.41, 5.74) is -1.31. The van der Waals surface area contributed by atoms with Gasteiger partial charge in [0.1, 0.15) is 16.5 Å². The van der Waals surface area contributed by atoms with Crippen molar-refractivity contribution in [1.82, 2.24) is 0 Å². The van der Waals surface area contributed by atoms with Gasteiger partial charge in [-0.15, -0.1) is 0 Å². The summed E-state index contributed by atoms with van der Waals surface area (Å²) < 4.78 is 50.0. The van der Waals surface area contributed by atoms with E-state index in [1.54, 1.807) is 0 Å². The van der Waals surface area contributed by atoms with Crippen LogP contribution in [0.5, 0.6) is 0 Å². The molecular formula is C12H12F2O4S. The molecule has 1 aromatic rings. The zero-order valence-corrected chi connectivity index (χ0v) is 10.9. The van der Waals surface area contributed by atoms with Gasteiger partial charge in [-0.1, -0.05) is 6.42 Å². The van der Waals surface area contributed by atoms with E-state index in [1.165, 1.54) is 0 Å². The first-order chi connectivity index (χ1) is 8.68. The molecule has 0 bridgehead atoms. The van der Waals surface area contributed by atoms with Crippen LogP contribution in [-0.2, 0) is 20.0 Å². The van der Waals surface area contributed by atoms with Crippen LogP contribution in [0.4, 0.5) is 8.78 Å². The van der Waals surface area contributed by atoms with E-state index in [0.29, 0.717) is 25.5 Å². The number of rotatable bonds is 3. The monoisotopic (exact) mass is 290 g/mol. The highest BCUT2D eigenvalue weighted by molar-refractivity contribution is 7.90. The van der Waals surface area contributed by atoms with Gasteiger partial charge in [-0.2, -0.15) is 0 Å². The molecule has 4 nitrogen and oxygen atoms in total. The number of hydrogen-bond donors (Lipinski definition) is 1. The zero-order valence-electron chi connectivity index (χ0n) is 10.1. The first-order valence-corrected chi connectivity index (χ1v) is 7.50. The first-order valence-electron chi connectivity index (χ1n) is 5.61. The molecule has 1 fully saturated rings. The molecule has 2 rings (SSSR count). The number of carboxylic acid groups (broad SMARTS) is 1. The zero-order chi connectivity index (χ0) is 14.4. The van der Waals surface area contributed by atoms with Crippen LogP contribution in [0.15, 0.2) is 17.0 Å². The second kappa shape index (κ2) is 4.26. The number of carbonyl (C=O) groups is 1. The molecule has 0 heterocycles. The Bertz CT molecular complexity index is 625. The average Bonchev–Trinajstić information content (AvgIpc) is 2.10. The summed E-state index contributed by atoms with van der Waals surface area (Å²) in [4.78, 5) is 10.2. The van der Waals surface area contributed by atoms with E-state index < -0.39 is 37.8 Å². The molecule has 0 atom stereocenters. The van der Waals surface area contributed by atoms with Crippen molar-refractivity contribution < 1.29 is 27.1 Å². The highest BCUT2D eigenvalue weighted by atomic mass is 32.2. The van der Waals surface area contributed by atoms with E-state index in [4.69, 9.17) is 0 Å². The fourth-order valence-electron chi connectivity index (χ4n) is 2.35. The van der Waals surface area contributed by atoms with E-state index in [2.05, 4.69) is 0 Å². The number of halogens is 2. The van der Waals surface area contributed by atoms with E-state index in [1.807, 2.05) is 0 Å². The highest BCUT2D eigenvalue weighted by Gasteiger charge is 2.46. The van der Waals surface area contributed by atoms with Crippen molar-refractivity contribution in [2.45, 2.75) is 29.6 Å². The third kappa shape index (κ3) is 2.11. The Balaban J connectivity index is 2.61. The van der Waals surface area contributed by atoms with E-state index in [9.17, 15) is 27.1 Å². The van der Waals surface area contributed by atoms with Crippen molar-refractivity contribution in [3.05, 3.63) is 29.3 Å². The maximum atomic E-state index is 13.7. The summed E-state index contributed by atoms with van der Waals surface area (Å²) in [6.07, 6.45) is 1.94. The normalized spacial score (nSPS) is 17.8. The van der Waals surface area contributed by atoms with Crippen LogP contribution in [-0.4, -0.2) is 25.7 Å². The third-order valence-corrected chi connectivity index (χ3v) is 4.67. The summed E-state index contributed by atoms with van der Waals surface area (Å²) in [5.74, 6) is -3.64. The van der Waals surface area contributed by atoms with Crippen LogP contribution in [0.2, 0.25) is 0 Å². The van der Waals surface area contributed by atoms with Gasteiger partial charge in [-0.05, 0) is 30.5 Å². The number of carboxylic acids is 1. The van der Waals surface area contributed by atoms with E-state index in [0.717, 1.165) is 12.1 Å². The summed E-state index contributed by atoms with van der Waals surface area (Å²) in [5, 5.41) is 9.18. The number of aliphatic carboxylic acids is 1. The molecule has 1 N–H and O–H groups in total. The maximum absolute atomic E-state index is 13.7. The minimum atomic E-state index is -4.03. The molecule has 0 spiro atoms. The lowest BCUT2D eigenvalue weighted by Crippen LogP contribution is -2.42. The number of benzene rings is 1. The minimum absolute atomic E-state index is 0.0198. The lowest BCUT2D eigenvalue weighted by atomic mass is 9.64. The summed E-state index contributed by atoms with van der Waals surface area (Å²) in [6, 6.07) is 1.62. The third-order valence-electron chi connectivity index (χ3n) is 3.54. The van der Waals surface area contributed by atoms with Gasteiger partial charge in [0, 0.05) is 6.26 Å². The van der Waals surface area contributed by atoms with Crippen molar-refractivity contribution in [1.29, 1.82) is 0 Å². The van der Waals surface area contributed by atoms with Crippen molar-refractivity contribution in [3.63, 3.8) is 0 Å². The average molecular weight is 290 g/mol. The molecule has 0 amide bonds. The van der Waals surface area contributed by atoms with Crippen LogP contribution in [0.3, 0.4) is 0 Å². The second-order valence-corrected chi connectivity index (χ2v) is 6.73. The van der Waals surface area contributed by atoms with Crippen LogP contribution >= 0.6 is 0 Å². The van der Waals surface area contributed by atoms with Crippen LogP contribution in [0.1, 0.15) is 24.8 Å². The van der Waals surface area contributed by atoms with Gasteiger partial charge < -0.3 is 5.11 Å². The van der Waals surface area contributed by atoms with E-state index >= 15 is 0 Å². The summed E-state index contributed by atoms with van der Waals surface area (Å²) in [6.45, 7) is 0. The van der Waals surface area contributed by atoms with Crippen molar-refractivity contribution in [2.75, 3.05) is 6.26 Å². The van der Waals surface area contributed by atoms with Crippen LogP contribution < -0.4 is 0 Å². The molecule has 1 aliphatic rings. The fourth-order valence-corrected chi connectivity index (χ4v) is 3.17. The van der Waals surface area contributed by atoms with Gasteiger partial charge >= 0.3 is 5.97 Å². The molecule has 0 saturated heterocycles. The number of hydrogen-bond acceptors (Lipinski definition) is 3. The molecule has 19 heavy (non-hydrogen) atoms. The highest BCUT2D eigenvalue weighted by Crippen LogP contribution is 2.44. The first kappa shape index (κ1) is 13.9. The quantitative estimate of drug-likeness (QED) is 0.922. The minimum Gasteiger partial charge on any atom is -0.481 e. The standard InChI is InChI=1S/C12H12F2O4S/c1-19(17,18)10-8(13)5-7(6-9(10)14)12(11(15)16)3-2-4-12/h5-6H,2-4H2,1H3,(H,15,16). The van der Waals surface area contributed by atoms with Gasteiger partial charge in [-0.25, -0.2) is 17.2 Å². The molecule has 1 aromatic carbocycles. The Hall–Kier alpha value is -1.50. The van der Waals surface area contributed by atoms with Gasteiger partial charge in [0.2, 0.25) is 0 Å². The topological polar surface area (TPSA) is 71.4 Å². The van der Waals surface area contributed by atoms with Crippen molar-refractivity contribution >= 4 is 15.8 Å². The predicted octanol–water partition coefficient (Wildman–Crippen LogP) is 1.87. The molecule has 0 unspecified atom stereocenters. The molecule has 0 radical (unpaired) electrons. The van der Waals surface area contributed by atoms with Crippen molar-refractivity contribution in [2.24, 2.45) is 0 Å². The van der Waals surface area contributed by atoms with Gasteiger partial charge in [0.05, 0.1) is 5.41 Å². The molecule has 1 saturated carbocycles. The Kier molecular flexibility index (Phi) is 3.12. The van der Waals surface area contributed by atoms with E-state index in [-0.39, 0.29) is 5.56 Å².